The van der Waals surface area contributed by atoms with Crippen molar-refractivity contribution in [2.24, 2.45) is 23.7 Å². The van der Waals surface area contributed by atoms with Gasteiger partial charge in [0, 0.05) is 31.1 Å². The number of carbonyl (C=O) groups is 1. The molecule has 5 nitrogen and oxygen atoms in total. The quantitative estimate of drug-likeness (QED) is 0.842. The Morgan fingerprint density at radius 1 is 1.27 bits per heavy atom. The largest absolute Gasteiger partial charge is 0.492 e. The predicted molar refractivity (Wildman–Crippen MR) is 99.7 cm³/mol. The zero-order valence-corrected chi connectivity index (χ0v) is 15.4. The fourth-order valence-electron chi connectivity index (χ4n) is 5.32. The number of hydrogen-bond donors (Lipinski definition) is 1. The average molecular weight is 354 g/mol. The SMILES string of the molecule is CCOc1cc2c(cc1NC(=O)N1C[C@@H]3C4C=CC(C4)[C@@H]3C1)OC(C)C2. The van der Waals surface area contributed by atoms with Crippen LogP contribution in [0.15, 0.2) is 24.3 Å². The van der Waals surface area contributed by atoms with Crippen molar-refractivity contribution in [1.29, 1.82) is 0 Å². The Balaban J connectivity index is 1.33. The number of benzene rings is 1. The second-order valence-electron chi connectivity index (χ2n) is 8.13. The number of urea groups is 1. The fraction of sp³-hybridized carbons (Fsp3) is 0.571. The van der Waals surface area contributed by atoms with Crippen LogP contribution in [-0.4, -0.2) is 36.7 Å². The van der Waals surface area contributed by atoms with E-state index in [9.17, 15) is 4.79 Å². The summed E-state index contributed by atoms with van der Waals surface area (Å²) in [6.45, 7) is 6.32. The van der Waals surface area contributed by atoms with Crippen LogP contribution in [-0.2, 0) is 6.42 Å². The van der Waals surface area contributed by atoms with Gasteiger partial charge in [-0.05, 0) is 50.0 Å². The summed E-state index contributed by atoms with van der Waals surface area (Å²) in [4.78, 5) is 14.9. The number of hydrogen-bond acceptors (Lipinski definition) is 3. The van der Waals surface area contributed by atoms with Crippen LogP contribution in [0.2, 0.25) is 0 Å². The smallest absolute Gasteiger partial charge is 0.321 e. The van der Waals surface area contributed by atoms with Crippen molar-refractivity contribution in [2.45, 2.75) is 32.8 Å². The molecular weight excluding hydrogens is 328 g/mol. The van der Waals surface area contributed by atoms with E-state index in [-0.39, 0.29) is 12.1 Å². The third kappa shape index (κ3) is 2.48. The second-order valence-corrected chi connectivity index (χ2v) is 8.13. The van der Waals surface area contributed by atoms with E-state index in [1.807, 2.05) is 24.0 Å². The van der Waals surface area contributed by atoms with E-state index in [4.69, 9.17) is 9.47 Å². The molecule has 5 heteroatoms. The summed E-state index contributed by atoms with van der Waals surface area (Å²) in [7, 11) is 0. The van der Waals surface area contributed by atoms with Gasteiger partial charge in [0.15, 0.2) is 0 Å². The first kappa shape index (κ1) is 16.0. The molecule has 3 unspecified atom stereocenters. The first-order valence-electron chi connectivity index (χ1n) is 9.83. The molecule has 2 aliphatic heterocycles. The molecule has 1 saturated heterocycles. The highest BCUT2D eigenvalue weighted by molar-refractivity contribution is 5.91. The first-order chi connectivity index (χ1) is 12.6. The molecule has 2 bridgehead atoms. The number of nitrogens with zero attached hydrogens (tertiary/aromatic N) is 1. The van der Waals surface area contributed by atoms with Crippen molar-refractivity contribution in [3.05, 3.63) is 29.8 Å². The van der Waals surface area contributed by atoms with Crippen LogP contribution < -0.4 is 14.8 Å². The van der Waals surface area contributed by atoms with Crippen LogP contribution in [0.1, 0.15) is 25.8 Å². The minimum absolute atomic E-state index is 0.0225. The van der Waals surface area contributed by atoms with Crippen LogP contribution in [0.3, 0.4) is 0 Å². The Labute approximate surface area is 154 Å². The molecule has 0 aromatic heterocycles. The van der Waals surface area contributed by atoms with E-state index >= 15 is 0 Å². The third-order valence-corrected chi connectivity index (χ3v) is 6.49. The summed E-state index contributed by atoms with van der Waals surface area (Å²) in [5, 5.41) is 3.08. The van der Waals surface area contributed by atoms with Gasteiger partial charge in [-0.3, -0.25) is 0 Å². The predicted octanol–water partition coefficient (Wildman–Crippen LogP) is 3.69. The summed E-state index contributed by atoms with van der Waals surface area (Å²) < 4.78 is 11.6. The number of amides is 2. The highest BCUT2D eigenvalue weighted by Gasteiger charge is 2.50. The Morgan fingerprint density at radius 2 is 2.00 bits per heavy atom. The topological polar surface area (TPSA) is 50.8 Å². The molecule has 4 aliphatic rings. The van der Waals surface area contributed by atoms with Gasteiger partial charge in [0.2, 0.25) is 0 Å². The van der Waals surface area contributed by atoms with Gasteiger partial charge in [0.05, 0.1) is 12.3 Å². The highest BCUT2D eigenvalue weighted by atomic mass is 16.5. The lowest BCUT2D eigenvalue weighted by atomic mass is 9.86. The van der Waals surface area contributed by atoms with E-state index in [1.165, 1.54) is 6.42 Å². The lowest BCUT2D eigenvalue weighted by Crippen LogP contribution is -2.34. The van der Waals surface area contributed by atoms with E-state index in [1.54, 1.807) is 0 Å². The maximum Gasteiger partial charge on any atom is 0.321 e. The number of carbonyl (C=O) groups excluding carboxylic acids is 1. The minimum atomic E-state index is -0.0225. The van der Waals surface area contributed by atoms with Gasteiger partial charge in [-0.25, -0.2) is 4.79 Å². The molecule has 5 atom stereocenters. The van der Waals surface area contributed by atoms with Gasteiger partial charge in [-0.15, -0.1) is 0 Å². The fourth-order valence-corrected chi connectivity index (χ4v) is 5.32. The Bertz CT molecular complexity index is 755. The Hall–Kier alpha value is -2.17. The first-order valence-corrected chi connectivity index (χ1v) is 9.83. The molecule has 2 fully saturated rings. The zero-order valence-electron chi connectivity index (χ0n) is 15.4. The van der Waals surface area contributed by atoms with Crippen LogP contribution in [0.5, 0.6) is 11.5 Å². The van der Waals surface area contributed by atoms with Crippen LogP contribution >= 0.6 is 0 Å². The number of nitrogens with one attached hydrogen (secondary N) is 1. The molecule has 1 saturated carbocycles. The molecule has 2 aliphatic carbocycles. The van der Waals surface area contributed by atoms with Gasteiger partial charge >= 0.3 is 6.03 Å². The summed E-state index contributed by atoms with van der Waals surface area (Å²) in [6.07, 6.45) is 7.07. The number of rotatable bonds is 3. The van der Waals surface area contributed by atoms with E-state index < -0.39 is 0 Å². The summed E-state index contributed by atoms with van der Waals surface area (Å²) >= 11 is 0. The molecule has 5 rings (SSSR count). The van der Waals surface area contributed by atoms with Gasteiger partial charge in [0.1, 0.15) is 17.6 Å². The van der Waals surface area contributed by atoms with E-state index in [0.29, 0.717) is 36.0 Å². The lowest BCUT2D eigenvalue weighted by molar-refractivity contribution is 0.217. The molecule has 1 aromatic carbocycles. The van der Waals surface area contributed by atoms with Gasteiger partial charge in [-0.1, -0.05) is 12.2 Å². The van der Waals surface area contributed by atoms with Crippen molar-refractivity contribution in [2.75, 3.05) is 25.0 Å². The van der Waals surface area contributed by atoms with Crippen LogP contribution in [0, 0.1) is 23.7 Å². The normalized spacial score (nSPS) is 33.2. The standard InChI is InChI=1S/C21H26N2O3/c1-3-25-20-8-15-6-12(2)26-19(15)9-18(20)22-21(24)23-10-16-13-4-5-14(7-13)17(16)11-23/h4-5,8-9,12-14,16-17H,3,6-7,10-11H2,1-2H3,(H,22,24)/t12?,13?,14?,16-,17+. The van der Waals surface area contributed by atoms with Crippen molar-refractivity contribution < 1.29 is 14.3 Å². The Morgan fingerprint density at radius 3 is 2.69 bits per heavy atom. The molecule has 2 heterocycles. The molecule has 26 heavy (non-hydrogen) atoms. The number of likely N-dealkylation sites (tertiary alicyclic amines) is 1. The van der Waals surface area contributed by atoms with Crippen molar-refractivity contribution >= 4 is 11.7 Å². The molecule has 1 aromatic rings. The maximum atomic E-state index is 12.9. The third-order valence-electron chi connectivity index (χ3n) is 6.49. The zero-order chi connectivity index (χ0) is 17.8. The summed E-state index contributed by atoms with van der Waals surface area (Å²) in [5.74, 6) is 4.24. The van der Waals surface area contributed by atoms with Gasteiger partial charge in [-0.2, -0.15) is 0 Å². The number of anilines is 1. The van der Waals surface area contributed by atoms with Crippen molar-refractivity contribution in [3.63, 3.8) is 0 Å². The maximum absolute atomic E-state index is 12.9. The molecule has 138 valence electrons. The van der Waals surface area contributed by atoms with Gasteiger partial charge < -0.3 is 19.7 Å². The Kier molecular flexibility index (Phi) is 3.66. The molecule has 1 N–H and O–H groups in total. The van der Waals surface area contributed by atoms with Crippen molar-refractivity contribution in [1.82, 2.24) is 4.90 Å². The number of ether oxygens (including phenoxy) is 2. The van der Waals surface area contributed by atoms with E-state index in [0.717, 1.165) is 36.6 Å². The second kappa shape index (κ2) is 5.93. The average Bonchev–Trinajstić information content (AvgIpc) is 3.35. The molecule has 0 radical (unpaired) electrons. The minimum Gasteiger partial charge on any atom is -0.492 e. The lowest BCUT2D eigenvalue weighted by Gasteiger charge is -2.21. The monoisotopic (exact) mass is 354 g/mol. The molecule has 2 amide bonds. The summed E-state index contributed by atoms with van der Waals surface area (Å²) in [5.41, 5.74) is 1.86. The molecular formula is C21H26N2O3. The van der Waals surface area contributed by atoms with Crippen LogP contribution in [0.25, 0.3) is 0 Å². The summed E-state index contributed by atoms with van der Waals surface area (Å²) in [6, 6.07) is 3.91. The highest BCUT2D eigenvalue weighted by Crippen LogP contribution is 2.51. The van der Waals surface area contributed by atoms with Crippen molar-refractivity contribution in [3.8, 4) is 11.5 Å². The number of allylic oxidation sites excluding steroid dienone is 2. The van der Waals surface area contributed by atoms with Crippen LogP contribution in [0.4, 0.5) is 10.5 Å². The number of fused-ring (bicyclic) bond motifs is 6. The molecule has 0 spiro atoms. The van der Waals surface area contributed by atoms with Gasteiger partial charge in [0.25, 0.3) is 0 Å². The van der Waals surface area contributed by atoms with E-state index in [2.05, 4.69) is 24.4 Å².